The zero-order valence-electron chi connectivity index (χ0n) is 35.7. The number of nitrogens with zero attached hydrogens (tertiary/aromatic N) is 6. The summed E-state index contributed by atoms with van der Waals surface area (Å²) in [6, 6.07) is 9.68. The molecular weight excluding hydrogens is 783 g/mol. The molecule has 1 heterocycles. The number of hydrogen-bond donors (Lipinski definition) is 2. The molecule has 4 fully saturated rings. The Balaban J connectivity index is 0.914. The number of carbonyl (C=O) groups is 2. The van der Waals surface area contributed by atoms with Gasteiger partial charge in [-0.3, -0.25) is 19.7 Å². The first-order chi connectivity index (χ1) is 29.4. The highest BCUT2D eigenvalue weighted by molar-refractivity contribution is 5.88. The Labute approximate surface area is 356 Å². The van der Waals surface area contributed by atoms with Crippen molar-refractivity contribution in [3.63, 3.8) is 0 Å². The number of non-ortho nitro benzene ring substituents is 1. The van der Waals surface area contributed by atoms with Crippen molar-refractivity contribution in [2.45, 2.75) is 110 Å². The van der Waals surface area contributed by atoms with E-state index in [9.17, 15) is 24.8 Å². The molecule has 4 aliphatic carbocycles. The number of esters is 1. The zero-order chi connectivity index (χ0) is 43.1. The van der Waals surface area contributed by atoms with Crippen molar-refractivity contribution in [2.75, 3.05) is 39.6 Å². The molecule has 1 amide bonds. The van der Waals surface area contributed by atoms with E-state index in [-0.39, 0.29) is 64.2 Å². The largest absolute Gasteiger partial charge is 0.508 e. The van der Waals surface area contributed by atoms with Gasteiger partial charge in [-0.05, 0) is 162 Å². The molecule has 16 nitrogen and oxygen atoms in total. The minimum Gasteiger partial charge on any atom is -0.508 e. The van der Waals surface area contributed by atoms with Crippen LogP contribution in [-0.2, 0) is 30.2 Å². The summed E-state index contributed by atoms with van der Waals surface area (Å²) in [6.45, 7) is 9.38. The fourth-order valence-electron chi connectivity index (χ4n) is 12.5. The lowest BCUT2D eigenvalue weighted by Gasteiger charge is -2.61. The van der Waals surface area contributed by atoms with Crippen LogP contribution in [0.1, 0.15) is 108 Å². The number of aromatic hydroxyl groups is 1. The van der Waals surface area contributed by atoms with Gasteiger partial charge < -0.3 is 24.6 Å². The summed E-state index contributed by atoms with van der Waals surface area (Å²) in [5.41, 5.74) is 10.3. The number of nitro groups is 1. The molecule has 1 aromatic heterocycles. The summed E-state index contributed by atoms with van der Waals surface area (Å²) in [5.74, 6) is 2.81. The molecule has 4 saturated carbocycles. The van der Waals surface area contributed by atoms with Gasteiger partial charge >= 0.3 is 11.7 Å². The monoisotopic (exact) mass is 843 g/mol. The van der Waals surface area contributed by atoms with Crippen molar-refractivity contribution >= 4 is 28.6 Å². The number of nitro benzene ring substituents is 1. The van der Waals surface area contributed by atoms with E-state index >= 15 is 0 Å². The molecule has 0 spiro atoms. The summed E-state index contributed by atoms with van der Waals surface area (Å²) in [6.07, 6.45) is 11.7. The van der Waals surface area contributed by atoms with Crippen LogP contribution in [-0.4, -0.2) is 77.8 Å². The molecule has 0 bridgehead atoms. The maximum absolute atomic E-state index is 14.3. The number of phenolic OH excluding ortho intramolecular Hbond substituents is 1. The van der Waals surface area contributed by atoms with Crippen LogP contribution in [0.3, 0.4) is 0 Å². The lowest BCUT2D eigenvalue weighted by atomic mass is 9.44. The van der Waals surface area contributed by atoms with Crippen LogP contribution in [0, 0.1) is 56.5 Å². The summed E-state index contributed by atoms with van der Waals surface area (Å²) < 4.78 is 21.2. The average molecular weight is 844 g/mol. The van der Waals surface area contributed by atoms with Gasteiger partial charge in [0.05, 0.1) is 37.3 Å². The second-order valence-electron chi connectivity index (χ2n) is 18.6. The predicted octanol–water partition coefficient (Wildman–Crippen LogP) is 8.61. The van der Waals surface area contributed by atoms with Crippen molar-refractivity contribution < 1.29 is 38.5 Å². The fourth-order valence-corrected chi connectivity index (χ4v) is 12.5. The van der Waals surface area contributed by atoms with Crippen LogP contribution in [0.5, 0.6) is 5.75 Å². The Morgan fingerprint density at radius 1 is 0.967 bits per heavy atom. The molecule has 3 aromatic rings. The Hall–Kier alpha value is -4.79. The second-order valence-corrected chi connectivity index (χ2v) is 18.6. The maximum Gasteiger partial charge on any atom is 0.305 e. The van der Waals surface area contributed by atoms with E-state index in [0.717, 1.165) is 37.7 Å². The average Bonchev–Trinajstić information content (AvgIpc) is 3.88. The molecular formula is C45H61N7O9. The Bertz CT molecular complexity index is 2060. The van der Waals surface area contributed by atoms with E-state index < -0.39 is 10.8 Å². The lowest BCUT2D eigenvalue weighted by Crippen LogP contribution is -2.55. The number of phenols is 1. The third-order valence-corrected chi connectivity index (χ3v) is 15.5. The first-order valence-electron chi connectivity index (χ1n) is 22.2. The van der Waals surface area contributed by atoms with E-state index in [1.54, 1.807) is 30.3 Å². The third kappa shape index (κ3) is 9.66. The van der Waals surface area contributed by atoms with Gasteiger partial charge in [-0.2, -0.15) is 0 Å². The standard InChI is InChI=1S/C45H61N7O9/c1-28(4-15-40(54)60-25-24-59-23-22-58-21-20-47-51-46)36-12-13-37-34-11-8-31-27-32(16-18-44(31,2)38(34)17-19-45(36,37)3)48-43(55)35(29-5-9-33(53)10-6-29)26-30-7-14-39(52(56)57)42-41(30)49-61-50-42/h5-7,9-10,14,28,31-32,34-38,53H,4,8,11-13,15-27H2,1-3H3,(H,48,55)/t28-,31-,32-,34+,35+,36?,37+,38+,44+,45-/m1/s1. The van der Waals surface area contributed by atoms with Crippen LogP contribution in [0.15, 0.2) is 46.1 Å². The number of nitrogens with one attached hydrogen (secondary N) is 1. The van der Waals surface area contributed by atoms with Gasteiger partial charge in [-0.1, -0.05) is 38.0 Å². The van der Waals surface area contributed by atoms with Gasteiger partial charge in [-0.15, -0.1) is 0 Å². The van der Waals surface area contributed by atoms with E-state index in [4.69, 9.17) is 24.4 Å². The van der Waals surface area contributed by atoms with Crippen molar-refractivity contribution in [2.24, 2.45) is 51.5 Å². The number of rotatable bonds is 19. The molecule has 0 aliphatic heterocycles. The van der Waals surface area contributed by atoms with Crippen LogP contribution in [0.4, 0.5) is 5.69 Å². The Morgan fingerprint density at radius 3 is 2.46 bits per heavy atom. The van der Waals surface area contributed by atoms with Crippen LogP contribution in [0.2, 0.25) is 0 Å². The van der Waals surface area contributed by atoms with Crippen molar-refractivity contribution in [3.8, 4) is 5.75 Å². The summed E-state index contributed by atoms with van der Waals surface area (Å²) in [4.78, 5) is 40.7. The number of hydrogen-bond acceptors (Lipinski definition) is 12. The molecule has 10 atom stereocenters. The number of azide groups is 1. The van der Waals surface area contributed by atoms with Crippen molar-refractivity contribution in [1.29, 1.82) is 0 Å². The number of aromatic nitrogens is 2. The van der Waals surface area contributed by atoms with Crippen LogP contribution < -0.4 is 5.32 Å². The molecule has 0 radical (unpaired) electrons. The number of ether oxygens (including phenoxy) is 3. The molecule has 1 unspecified atom stereocenters. The van der Waals surface area contributed by atoms with Crippen molar-refractivity contribution in [3.05, 3.63) is 68.1 Å². The lowest BCUT2D eigenvalue weighted by molar-refractivity contribution is -0.383. The van der Waals surface area contributed by atoms with Gasteiger partial charge in [0, 0.05) is 30.0 Å². The first-order valence-corrected chi connectivity index (χ1v) is 22.2. The Kier molecular flexibility index (Phi) is 14.2. The highest BCUT2D eigenvalue weighted by Gasteiger charge is 2.60. The number of fused-ring (bicyclic) bond motifs is 6. The summed E-state index contributed by atoms with van der Waals surface area (Å²) in [5, 5.41) is 36.2. The highest BCUT2D eigenvalue weighted by Crippen LogP contribution is 2.68. The third-order valence-electron chi connectivity index (χ3n) is 15.5. The summed E-state index contributed by atoms with van der Waals surface area (Å²) >= 11 is 0. The number of amides is 1. The van der Waals surface area contributed by atoms with Gasteiger partial charge in [-0.25, -0.2) is 4.63 Å². The fraction of sp³-hybridized carbons (Fsp3) is 0.689. The molecule has 330 valence electrons. The molecule has 7 rings (SSSR count). The molecule has 2 N–H and O–H groups in total. The van der Waals surface area contributed by atoms with Crippen LogP contribution >= 0.6 is 0 Å². The first kappa shape index (κ1) is 44.3. The van der Waals surface area contributed by atoms with E-state index in [1.165, 1.54) is 38.2 Å². The quantitative estimate of drug-likeness (QED) is 0.0221. The normalized spacial score (nSPS) is 29.0. The Morgan fingerprint density at radius 2 is 1.69 bits per heavy atom. The smallest absolute Gasteiger partial charge is 0.305 e. The van der Waals surface area contributed by atoms with E-state index in [1.807, 2.05) is 0 Å². The van der Waals surface area contributed by atoms with Gasteiger partial charge in [0.25, 0.3) is 0 Å². The SMILES string of the molecule is C[C@H](CCC(=O)OCCOCCOCCN=[N+]=[N-])C1CC[C@H]2[C@@H]3CC[C@@H]4C[C@H](NC(=O)[C@@H](Cc5ccc([N+](=O)[O-])c6nonc56)c5ccc(O)cc5)CC[C@]4(C)[C@H]3CC[C@]12C. The topological polar surface area (TPSA) is 225 Å². The van der Waals surface area contributed by atoms with Gasteiger partial charge in [0.15, 0.2) is 0 Å². The molecule has 61 heavy (non-hydrogen) atoms. The van der Waals surface area contributed by atoms with Gasteiger partial charge in [0.2, 0.25) is 11.4 Å². The molecule has 0 saturated heterocycles. The van der Waals surface area contributed by atoms with E-state index in [2.05, 4.69) is 46.4 Å². The van der Waals surface area contributed by atoms with Crippen molar-refractivity contribution in [1.82, 2.24) is 15.6 Å². The highest BCUT2D eigenvalue weighted by atomic mass is 16.6. The minimum atomic E-state index is -0.620. The molecule has 16 heteroatoms. The summed E-state index contributed by atoms with van der Waals surface area (Å²) in [7, 11) is 0. The molecule has 2 aromatic carbocycles. The number of benzene rings is 2. The zero-order valence-corrected chi connectivity index (χ0v) is 35.7. The predicted molar refractivity (Wildman–Crippen MR) is 225 cm³/mol. The van der Waals surface area contributed by atoms with E-state index in [0.29, 0.717) is 80.5 Å². The second kappa shape index (κ2) is 19.5. The molecule has 4 aliphatic rings. The van der Waals surface area contributed by atoms with Crippen LogP contribution in [0.25, 0.3) is 21.5 Å². The van der Waals surface area contributed by atoms with Gasteiger partial charge in [0.1, 0.15) is 17.9 Å². The maximum atomic E-state index is 14.3. The minimum absolute atomic E-state index is 0.0408. The number of carbonyl (C=O) groups excluding carboxylic acids is 2.